The summed E-state index contributed by atoms with van der Waals surface area (Å²) in [7, 11) is 1.66. The molecule has 0 atom stereocenters. The quantitative estimate of drug-likeness (QED) is 0.916. The Morgan fingerprint density at radius 3 is 2.38 bits per heavy atom. The van der Waals surface area contributed by atoms with Crippen LogP contribution in [0.15, 0.2) is 24.3 Å². The molecule has 21 heavy (non-hydrogen) atoms. The van der Waals surface area contributed by atoms with Gasteiger partial charge in [-0.25, -0.2) is 9.97 Å². The Kier molecular flexibility index (Phi) is 4.91. The van der Waals surface area contributed by atoms with Gasteiger partial charge in [0.2, 0.25) is 0 Å². The molecular formula is C17H23N3O. The molecule has 0 aliphatic carbocycles. The third-order valence-electron chi connectivity index (χ3n) is 3.44. The highest BCUT2D eigenvalue weighted by atomic mass is 16.5. The Balaban J connectivity index is 2.34. The maximum Gasteiger partial charge on any atom is 0.159 e. The average Bonchev–Trinajstić information content (AvgIpc) is 2.46. The highest BCUT2D eigenvalue weighted by Gasteiger charge is 2.10. The highest BCUT2D eigenvalue weighted by molar-refractivity contribution is 5.58. The van der Waals surface area contributed by atoms with Crippen molar-refractivity contribution >= 4 is 0 Å². The molecule has 2 rings (SSSR count). The van der Waals surface area contributed by atoms with E-state index >= 15 is 0 Å². The standard InChI is InChI=1S/C17H23N3O/c1-11(2)18-10-16-12(3)19-17(20-13(16)4)14-7-6-8-15(9-14)21-5/h6-9,11,18H,10H2,1-5H3. The molecule has 0 aliphatic heterocycles. The van der Waals surface area contributed by atoms with E-state index in [1.165, 1.54) is 5.56 Å². The van der Waals surface area contributed by atoms with Gasteiger partial charge in [0.15, 0.2) is 5.82 Å². The smallest absolute Gasteiger partial charge is 0.159 e. The fraction of sp³-hybridized carbons (Fsp3) is 0.412. The van der Waals surface area contributed by atoms with Gasteiger partial charge in [0.25, 0.3) is 0 Å². The minimum Gasteiger partial charge on any atom is -0.497 e. The van der Waals surface area contributed by atoms with Crippen LogP contribution in [0.1, 0.15) is 30.8 Å². The molecule has 112 valence electrons. The van der Waals surface area contributed by atoms with Gasteiger partial charge in [0.05, 0.1) is 7.11 Å². The molecule has 2 aromatic rings. The number of aryl methyl sites for hydroxylation is 2. The van der Waals surface area contributed by atoms with Gasteiger partial charge in [-0.15, -0.1) is 0 Å². The van der Waals surface area contributed by atoms with E-state index in [4.69, 9.17) is 4.74 Å². The van der Waals surface area contributed by atoms with Crippen LogP contribution in [0.2, 0.25) is 0 Å². The normalized spacial score (nSPS) is 11.0. The van der Waals surface area contributed by atoms with E-state index in [2.05, 4.69) is 29.1 Å². The molecule has 4 heteroatoms. The summed E-state index contributed by atoms with van der Waals surface area (Å²) in [4.78, 5) is 9.30. The summed E-state index contributed by atoms with van der Waals surface area (Å²) in [6.45, 7) is 9.14. The van der Waals surface area contributed by atoms with Crippen molar-refractivity contribution in [2.45, 2.75) is 40.3 Å². The molecule has 0 saturated heterocycles. The second-order valence-corrected chi connectivity index (χ2v) is 5.46. The van der Waals surface area contributed by atoms with E-state index in [0.29, 0.717) is 6.04 Å². The maximum atomic E-state index is 5.26. The number of aromatic nitrogens is 2. The zero-order valence-electron chi connectivity index (χ0n) is 13.4. The summed E-state index contributed by atoms with van der Waals surface area (Å²) in [5, 5.41) is 3.42. The molecule has 0 fully saturated rings. The second-order valence-electron chi connectivity index (χ2n) is 5.46. The highest BCUT2D eigenvalue weighted by Crippen LogP contribution is 2.22. The summed E-state index contributed by atoms with van der Waals surface area (Å²) in [6, 6.07) is 8.28. The van der Waals surface area contributed by atoms with Crippen LogP contribution < -0.4 is 10.1 Å². The minimum atomic E-state index is 0.446. The van der Waals surface area contributed by atoms with Gasteiger partial charge >= 0.3 is 0 Å². The molecule has 0 amide bonds. The topological polar surface area (TPSA) is 47.0 Å². The lowest BCUT2D eigenvalue weighted by atomic mass is 10.1. The first-order valence-corrected chi connectivity index (χ1v) is 7.23. The molecule has 4 nitrogen and oxygen atoms in total. The molecule has 1 aromatic heterocycles. The Labute approximate surface area is 126 Å². The Morgan fingerprint density at radius 1 is 1.14 bits per heavy atom. The van der Waals surface area contributed by atoms with E-state index in [1.54, 1.807) is 7.11 Å². The van der Waals surface area contributed by atoms with Crippen molar-refractivity contribution in [3.05, 3.63) is 41.2 Å². The Morgan fingerprint density at radius 2 is 1.81 bits per heavy atom. The molecular weight excluding hydrogens is 262 g/mol. The summed E-state index contributed by atoms with van der Waals surface area (Å²) >= 11 is 0. The molecule has 0 radical (unpaired) electrons. The fourth-order valence-corrected chi connectivity index (χ4v) is 2.19. The van der Waals surface area contributed by atoms with Gasteiger partial charge in [0.1, 0.15) is 5.75 Å². The second kappa shape index (κ2) is 6.68. The van der Waals surface area contributed by atoms with Crippen LogP contribution in [0.25, 0.3) is 11.4 Å². The van der Waals surface area contributed by atoms with Crippen molar-refractivity contribution in [1.29, 1.82) is 0 Å². The first kappa shape index (κ1) is 15.4. The van der Waals surface area contributed by atoms with Gasteiger partial charge in [-0.1, -0.05) is 26.0 Å². The molecule has 0 spiro atoms. The molecule has 1 N–H and O–H groups in total. The van der Waals surface area contributed by atoms with Gasteiger partial charge in [-0.2, -0.15) is 0 Å². The monoisotopic (exact) mass is 285 g/mol. The molecule has 1 aromatic carbocycles. The summed E-state index contributed by atoms with van der Waals surface area (Å²) in [5.41, 5.74) is 4.20. The first-order chi connectivity index (χ1) is 10.0. The predicted molar refractivity (Wildman–Crippen MR) is 85.5 cm³/mol. The number of methoxy groups -OCH3 is 1. The zero-order valence-corrected chi connectivity index (χ0v) is 13.4. The number of hydrogen-bond acceptors (Lipinski definition) is 4. The molecule has 1 heterocycles. The van der Waals surface area contributed by atoms with Crippen LogP contribution in [-0.4, -0.2) is 23.1 Å². The van der Waals surface area contributed by atoms with E-state index in [9.17, 15) is 0 Å². The van der Waals surface area contributed by atoms with Crippen LogP contribution in [0.4, 0.5) is 0 Å². The van der Waals surface area contributed by atoms with Crippen molar-refractivity contribution in [2.75, 3.05) is 7.11 Å². The molecule has 0 aliphatic rings. The number of hydrogen-bond donors (Lipinski definition) is 1. The summed E-state index contributed by atoms with van der Waals surface area (Å²) in [6.07, 6.45) is 0. The van der Waals surface area contributed by atoms with Crippen LogP contribution in [0.3, 0.4) is 0 Å². The number of nitrogens with zero attached hydrogens (tertiary/aromatic N) is 2. The third-order valence-corrected chi connectivity index (χ3v) is 3.44. The summed E-state index contributed by atoms with van der Waals surface area (Å²) < 4.78 is 5.26. The van der Waals surface area contributed by atoms with E-state index in [1.807, 2.05) is 38.1 Å². The predicted octanol–water partition coefficient (Wildman–Crippen LogP) is 3.27. The van der Waals surface area contributed by atoms with Gasteiger partial charge in [-0.05, 0) is 26.0 Å². The van der Waals surface area contributed by atoms with Crippen LogP contribution in [-0.2, 0) is 6.54 Å². The molecule has 0 saturated carbocycles. The van der Waals surface area contributed by atoms with Crippen molar-refractivity contribution in [3.63, 3.8) is 0 Å². The van der Waals surface area contributed by atoms with Gasteiger partial charge in [-0.3, -0.25) is 0 Å². The van der Waals surface area contributed by atoms with Crippen molar-refractivity contribution in [1.82, 2.24) is 15.3 Å². The summed E-state index contributed by atoms with van der Waals surface area (Å²) in [5.74, 6) is 1.56. The minimum absolute atomic E-state index is 0.446. The van der Waals surface area contributed by atoms with Crippen LogP contribution >= 0.6 is 0 Å². The zero-order chi connectivity index (χ0) is 15.4. The number of nitrogens with one attached hydrogen (secondary N) is 1. The average molecular weight is 285 g/mol. The SMILES string of the molecule is COc1cccc(-c2nc(C)c(CNC(C)C)c(C)n2)c1. The van der Waals surface area contributed by atoms with Crippen LogP contribution in [0.5, 0.6) is 5.75 Å². The maximum absolute atomic E-state index is 5.26. The van der Waals surface area contributed by atoms with Crippen molar-refractivity contribution in [3.8, 4) is 17.1 Å². The van der Waals surface area contributed by atoms with Gasteiger partial charge < -0.3 is 10.1 Å². The molecule has 0 bridgehead atoms. The number of rotatable bonds is 5. The number of benzene rings is 1. The first-order valence-electron chi connectivity index (χ1n) is 7.23. The number of ether oxygens (including phenoxy) is 1. The van der Waals surface area contributed by atoms with Gasteiger partial charge in [0, 0.05) is 35.1 Å². The van der Waals surface area contributed by atoms with Crippen LogP contribution in [0, 0.1) is 13.8 Å². The van der Waals surface area contributed by atoms with E-state index < -0.39 is 0 Å². The lowest BCUT2D eigenvalue weighted by Crippen LogP contribution is -2.23. The fourth-order valence-electron chi connectivity index (χ4n) is 2.19. The Hall–Kier alpha value is -1.94. The largest absolute Gasteiger partial charge is 0.497 e. The Bertz CT molecular complexity index is 600. The van der Waals surface area contributed by atoms with Crippen molar-refractivity contribution in [2.24, 2.45) is 0 Å². The van der Waals surface area contributed by atoms with E-state index in [-0.39, 0.29) is 0 Å². The lowest BCUT2D eigenvalue weighted by Gasteiger charge is -2.14. The van der Waals surface area contributed by atoms with Crippen molar-refractivity contribution < 1.29 is 4.74 Å². The lowest BCUT2D eigenvalue weighted by molar-refractivity contribution is 0.415. The molecule has 0 unspecified atom stereocenters. The third kappa shape index (κ3) is 3.79. The van der Waals surface area contributed by atoms with E-state index in [0.717, 1.165) is 35.1 Å².